The maximum Gasteiger partial charge on any atom is 0.205 e. The summed E-state index contributed by atoms with van der Waals surface area (Å²) in [5.41, 5.74) is 1.31. The molecule has 2 heteroatoms. The molecule has 1 aromatic rings. The first-order chi connectivity index (χ1) is 6.63. The topological polar surface area (TPSA) is 18.5 Å². The van der Waals surface area contributed by atoms with E-state index in [1.807, 2.05) is 18.2 Å². The maximum atomic E-state index is 5.77. The van der Waals surface area contributed by atoms with E-state index in [0.717, 1.165) is 12.2 Å². The van der Waals surface area contributed by atoms with Gasteiger partial charge in [-0.3, -0.25) is 0 Å². The zero-order valence-corrected chi connectivity index (χ0v) is 8.91. The molecule has 76 valence electrons. The van der Waals surface area contributed by atoms with Crippen molar-refractivity contribution in [3.8, 4) is 5.75 Å². The van der Waals surface area contributed by atoms with Crippen LogP contribution in [0.15, 0.2) is 24.3 Å². The summed E-state index contributed by atoms with van der Waals surface area (Å²) in [5, 5.41) is 0. The predicted molar refractivity (Wildman–Crippen MR) is 55.4 cm³/mol. The minimum Gasteiger partial charge on any atom is -0.464 e. The van der Waals surface area contributed by atoms with Crippen LogP contribution in [0.2, 0.25) is 0 Å². The molecule has 1 aliphatic heterocycles. The van der Waals surface area contributed by atoms with Gasteiger partial charge >= 0.3 is 0 Å². The molecule has 2 nitrogen and oxygen atoms in total. The van der Waals surface area contributed by atoms with Crippen LogP contribution in [0.3, 0.4) is 0 Å². The summed E-state index contributed by atoms with van der Waals surface area (Å²) >= 11 is 0. The number of rotatable bonds is 1. The Hall–Kier alpha value is -1.02. The third-order valence-electron chi connectivity index (χ3n) is 2.70. The zero-order chi connectivity index (χ0) is 10.2. The standard InChI is InChI=1S/C12H16O2/c1-12(2)8-9-6-4-5-7-10(9)14-11(12)13-3/h4-7,11H,8H2,1-3H3. The molecule has 14 heavy (non-hydrogen) atoms. The van der Waals surface area contributed by atoms with Gasteiger partial charge in [-0.25, -0.2) is 0 Å². The SMILES string of the molecule is COC1Oc2ccccc2CC1(C)C. The van der Waals surface area contributed by atoms with E-state index >= 15 is 0 Å². The van der Waals surface area contributed by atoms with E-state index in [-0.39, 0.29) is 11.7 Å². The van der Waals surface area contributed by atoms with Gasteiger partial charge in [0.1, 0.15) is 5.75 Å². The van der Waals surface area contributed by atoms with E-state index in [4.69, 9.17) is 9.47 Å². The predicted octanol–water partition coefficient (Wildman–Crippen LogP) is 2.62. The van der Waals surface area contributed by atoms with Gasteiger partial charge in [-0.15, -0.1) is 0 Å². The highest BCUT2D eigenvalue weighted by Gasteiger charge is 2.36. The van der Waals surface area contributed by atoms with Gasteiger partial charge in [0.05, 0.1) is 0 Å². The summed E-state index contributed by atoms with van der Waals surface area (Å²) in [5.74, 6) is 0.957. The molecule has 0 amide bonds. The molecule has 0 fully saturated rings. The van der Waals surface area contributed by atoms with E-state index in [2.05, 4.69) is 19.9 Å². The van der Waals surface area contributed by atoms with Crippen molar-refractivity contribution in [1.82, 2.24) is 0 Å². The number of hydrogen-bond acceptors (Lipinski definition) is 2. The number of fused-ring (bicyclic) bond motifs is 1. The number of hydrogen-bond donors (Lipinski definition) is 0. The Labute approximate surface area is 84.8 Å². The Morgan fingerprint density at radius 2 is 2.07 bits per heavy atom. The van der Waals surface area contributed by atoms with E-state index in [1.165, 1.54) is 5.56 Å². The highest BCUT2D eigenvalue weighted by Crippen LogP contribution is 2.38. The Kier molecular flexibility index (Phi) is 2.23. The first kappa shape index (κ1) is 9.53. The number of benzene rings is 1. The van der Waals surface area contributed by atoms with Crippen molar-refractivity contribution in [3.05, 3.63) is 29.8 Å². The minimum atomic E-state index is -0.141. The smallest absolute Gasteiger partial charge is 0.205 e. The summed E-state index contributed by atoms with van der Waals surface area (Å²) in [4.78, 5) is 0. The Morgan fingerprint density at radius 1 is 1.36 bits per heavy atom. The van der Waals surface area contributed by atoms with Crippen molar-refractivity contribution in [3.63, 3.8) is 0 Å². The van der Waals surface area contributed by atoms with E-state index < -0.39 is 0 Å². The summed E-state index contributed by atoms with van der Waals surface area (Å²) in [7, 11) is 1.69. The van der Waals surface area contributed by atoms with Crippen LogP contribution >= 0.6 is 0 Å². The molecule has 0 N–H and O–H groups in total. The normalized spacial score (nSPS) is 23.8. The van der Waals surface area contributed by atoms with Crippen LogP contribution < -0.4 is 4.74 Å². The average molecular weight is 192 g/mol. The van der Waals surface area contributed by atoms with Crippen LogP contribution in [0, 0.1) is 5.41 Å². The van der Waals surface area contributed by atoms with E-state index in [0.29, 0.717) is 0 Å². The minimum absolute atomic E-state index is 0.0447. The lowest BCUT2D eigenvalue weighted by atomic mass is 9.83. The molecule has 0 saturated carbocycles. The van der Waals surface area contributed by atoms with Crippen LogP contribution in [0.1, 0.15) is 19.4 Å². The summed E-state index contributed by atoms with van der Waals surface area (Å²) < 4.78 is 11.1. The summed E-state index contributed by atoms with van der Waals surface area (Å²) in [6.45, 7) is 4.33. The number of ether oxygens (including phenoxy) is 2. The quantitative estimate of drug-likeness (QED) is 0.681. The fourth-order valence-electron chi connectivity index (χ4n) is 1.98. The first-order valence-corrected chi connectivity index (χ1v) is 4.91. The summed E-state index contributed by atoms with van der Waals surface area (Å²) in [6.07, 6.45) is 0.860. The van der Waals surface area contributed by atoms with Crippen molar-refractivity contribution < 1.29 is 9.47 Å². The van der Waals surface area contributed by atoms with Crippen LogP contribution in [0.5, 0.6) is 5.75 Å². The molecular weight excluding hydrogens is 176 g/mol. The molecule has 2 rings (SSSR count). The van der Waals surface area contributed by atoms with Crippen molar-refractivity contribution in [2.24, 2.45) is 5.41 Å². The van der Waals surface area contributed by atoms with Gasteiger partial charge in [0.25, 0.3) is 0 Å². The first-order valence-electron chi connectivity index (χ1n) is 4.91. The molecule has 0 radical (unpaired) electrons. The monoisotopic (exact) mass is 192 g/mol. The lowest BCUT2D eigenvalue weighted by Gasteiger charge is -2.38. The van der Waals surface area contributed by atoms with Gasteiger partial charge in [0.2, 0.25) is 6.29 Å². The Bertz CT molecular complexity index is 331. The van der Waals surface area contributed by atoms with Gasteiger partial charge in [-0.05, 0) is 18.1 Å². The van der Waals surface area contributed by atoms with Crippen LogP contribution in [0.4, 0.5) is 0 Å². The third-order valence-corrected chi connectivity index (χ3v) is 2.70. The highest BCUT2D eigenvalue weighted by molar-refractivity contribution is 5.36. The third kappa shape index (κ3) is 1.50. The molecule has 0 bridgehead atoms. The molecule has 0 spiro atoms. The maximum absolute atomic E-state index is 5.77. The number of para-hydroxylation sites is 1. The van der Waals surface area contributed by atoms with E-state index in [9.17, 15) is 0 Å². The highest BCUT2D eigenvalue weighted by atomic mass is 16.7. The molecule has 1 unspecified atom stereocenters. The Morgan fingerprint density at radius 3 is 2.79 bits per heavy atom. The molecule has 1 aliphatic rings. The molecule has 1 atom stereocenters. The lowest BCUT2D eigenvalue weighted by molar-refractivity contribution is -0.136. The van der Waals surface area contributed by atoms with Crippen molar-refractivity contribution >= 4 is 0 Å². The van der Waals surface area contributed by atoms with Gasteiger partial charge in [0.15, 0.2) is 0 Å². The summed E-state index contributed by atoms with van der Waals surface area (Å²) in [6, 6.07) is 8.15. The molecule has 1 heterocycles. The molecular formula is C12H16O2. The van der Waals surface area contributed by atoms with Gasteiger partial charge < -0.3 is 9.47 Å². The second kappa shape index (κ2) is 3.28. The fourth-order valence-corrected chi connectivity index (χ4v) is 1.98. The van der Waals surface area contributed by atoms with Gasteiger partial charge in [0, 0.05) is 12.5 Å². The fraction of sp³-hybridized carbons (Fsp3) is 0.500. The molecule has 1 aromatic carbocycles. The number of methoxy groups -OCH3 is 1. The van der Waals surface area contributed by atoms with Crippen LogP contribution in [-0.4, -0.2) is 13.4 Å². The lowest BCUT2D eigenvalue weighted by Crippen LogP contribution is -2.41. The van der Waals surface area contributed by atoms with E-state index in [1.54, 1.807) is 7.11 Å². The van der Waals surface area contributed by atoms with Crippen LogP contribution in [0.25, 0.3) is 0 Å². The molecule has 0 aromatic heterocycles. The molecule has 0 saturated heterocycles. The van der Waals surface area contributed by atoms with Gasteiger partial charge in [-0.2, -0.15) is 0 Å². The van der Waals surface area contributed by atoms with Crippen molar-refractivity contribution in [2.75, 3.05) is 7.11 Å². The van der Waals surface area contributed by atoms with Crippen molar-refractivity contribution in [1.29, 1.82) is 0 Å². The largest absolute Gasteiger partial charge is 0.464 e. The second-order valence-corrected chi connectivity index (χ2v) is 4.46. The average Bonchev–Trinajstić information content (AvgIpc) is 2.15. The molecule has 0 aliphatic carbocycles. The second-order valence-electron chi connectivity index (χ2n) is 4.46. The zero-order valence-electron chi connectivity index (χ0n) is 8.91. The Balaban J connectivity index is 2.35. The van der Waals surface area contributed by atoms with Crippen LogP contribution in [-0.2, 0) is 11.2 Å². The van der Waals surface area contributed by atoms with Crippen molar-refractivity contribution in [2.45, 2.75) is 26.6 Å². The van der Waals surface area contributed by atoms with Gasteiger partial charge in [-0.1, -0.05) is 32.0 Å².